The lowest BCUT2D eigenvalue weighted by Crippen LogP contribution is -2.32. The molecule has 1 saturated heterocycles. The molecule has 0 aromatic heterocycles. The Hall–Kier alpha value is -0.0400. The van der Waals surface area contributed by atoms with Crippen LogP contribution in [0.1, 0.15) is 39.5 Å². The van der Waals surface area contributed by atoms with Crippen molar-refractivity contribution in [1.29, 1.82) is 0 Å². The molecule has 1 atom stereocenters. The van der Waals surface area contributed by atoms with Gasteiger partial charge in [-0.3, -0.25) is 0 Å². The van der Waals surface area contributed by atoms with Crippen LogP contribution in [0.15, 0.2) is 0 Å². The van der Waals surface area contributed by atoms with E-state index in [0.717, 1.165) is 12.0 Å². The molecule has 0 aromatic rings. The van der Waals surface area contributed by atoms with Crippen LogP contribution in [-0.4, -0.2) is 12.6 Å². The van der Waals surface area contributed by atoms with Gasteiger partial charge in [-0.1, -0.05) is 26.7 Å². The van der Waals surface area contributed by atoms with Gasteiger partial charge in [0.2, 0.25) is 0 Å². The van der Waals surface area contributed by atoms with Crippen LogP contribution in [0.4, 0.5) is 0 Å². The zero-order valence-corrected chi connectivity index (χ0v) is 7.19. The van der Waals surface area contributed by atoms with Crippen molar-refractivity contribution in [2.75, 3.05) is 6.54 Å². The van der Waals surface area contributed by atoms with E-state index >= 15 is 0 Å². The highest BCUT2D eigenvalue weighted by molar-refractivity contribution is 4.72. The standard InChI is InChI=1S/C9H19N/c1-8(2)9-6-4-3-5-7-10-9/h8-10H,3-7H2,1-2H3/t9-/m1/s1. The van der Waals surface area contributed by atoms with Gasteiger partial charge in [-0.25, -0.2) is 0 Å². The summed E-state index contributed by atoms with van der Waals surface area (Å²) in [4.78, 5) is 0. The van der Waals surface area contributed by atoms with Gasteiger partial charge in [0.15, 0.2) is 0 Å². The van der Waals surface area contributed by atoms with Gasteiger partial charge in [0.25, 0.3) is 0 Å². The lowest BCUT2D eigenvalue weighted by molar-refractivity contribution is 0.395. The van der Waals surface area contributed by atoms with Gasteiger partial charge < -0.3 is 5.32 Å². The van der Waals surface area contributed by atoms with E-state index in [1.807, 2.05) is 0 Å². The second kappa shape index (κ2) is 3.97. The van der Waals surface area contributed by atoms with Crippen LogP contribution >= 0.6 is 0 Å². The second-order valence-electron chi connectivity index (χ2n) is 3.65. The molecule has 0 aromatic carbocycles. The molecular weight excluding hydrogens is 122 g/mol. The van der Waals surface area contributed by atoms with Crippen LogP contribution in [-0.2, 0) is 0 Å². The van der Waals surface area contributed by atoms with Crippen LogP contribution in [0.5, 0.6) is 0 Å². The fourth-order valence-electron chi connectivity index (χ4n) is 1.62. The Bertz CT molecular complexity index is 80.7. The van der Waals surface area contributed by atoms with Crippen molar-refractivity contribution in [3.63, 3.8) is 0 Å². The first-order chi connectivity index (χ1) is 4.80. The molecule has 1 aliphatic rings. The van der Waals surface area contributed by atoms with Crippen molar-refractivity contribution in [3.05, 3.63) is 0 Å². The zero-order chi connectivity index (χ0) is 7.40. The van der Waals surface area contributed by atoms with E-state index in [-0.39, 0.29) is 0 Å². The third-order valence-electron chi connectivity index (χ3n) is 2.40. The Balaban J connectivity index is 2.28. The Morgan fingerprint density at radius 1 is 1.20 bits per heavy atom. The van der Waals surface area contributed by atoms with Crippen LogP contribution in [0.2, 0.25) is 0 Å². The molecule has 1 N–H and O–H groups in total. The molecule has 60 valence electrons. The summed E-state index contributed by atoms with van der Waals surface area (Å²) in [6.07, 6.45) is 5.62. The summed E-state index contributed by atoms with van der Waals surface area (Å²) in [5, 5.41) is 3.58. The first-order valence-electron chi connectivity index (χ1n) is 4.54. The maximum Gasteiger partial charge on any atom is 0.00900 e. The lowest BCUT2D eigenvalue weighted by Gasteiger charge is -2.19. The van der Waals surface area contributed by atoms with Gasteiger partial charge in [0, 0.05) is 6.04 Å². The minimum absolute atomic E-state index is 0.794. The van der Waals surface area contributed by atoms with Crippen molar-refractivity contribution in [2.45, 2.75) is 45.6 Å². The molecule has 1 fully saturated rings. The third kappa shape index (κ3) is 2.30. The van der Waals surface area contributed by atoms with Crippen LogP contribution < -0.4 is 5.32 Å². The van der Waals surface area contributed by atoms with Gasteiger partial charge >= 0.3 is 0 Å². The molecule has 10 heavy (non-hydrogen) atoms. The number of nitrogens with one attached hydrogen (secondary N) is 1. The van der Waals surface area contributed by atoms with E-state index in [1.165, 1.54) is 32.2 Å². The topological polar surface area (TPSA) is 12.0 Å². The van der Waals surface area contributed by atoms with E-state index < -0.39 is 0 Å². The molecule has 0 radical (unpaired) electrons. The van der Waals surface area contributed by atoms with E-state index in [2.05, 4.69) is 19.2 Å². The fraction of sp³-hybridized carbons (Fsp3) is 1.00. The van der Waals surface area contributed by atoms with Crippen LogP contribution in [0, 0.1) is 5.92 Å². The van der Waals surface area contributed by atoms with Crippen molar-refractivity contribution in [2.24, 2.45) is 5.92 Å². The molecule has 1 heteroatoms. The van der Waals surface area contributed by atoms with Gasteiger partial charge in [-0.05, 0) is 25.3 Å². The molecule has 0 spiro atoms. The molecule has 1 aliphatic heterocycles. The maximum atomic E-state index is 3.58. The molecule has 1 heterocycles. The molecule has 0 amide bonds. The van der Waals surface area contributed by atoms with Gasteiger partial charge in [0.1, 0.15) is 0 Å². The molecule has 1 nitrogen and oxygen atoms in total. The number of hydrogen-bond donors (Lipinski definition) is 1. The highest BCUT2D eigenvalue weighted by atomic mass is 14.9. The normalized spacial score (nSPS) is 28.5. The summed E-state index contributed by atoms with van der Waals surface area (Å²) >= 11 is 0. The highest BCUT2D eigenvalue weighted by Crippen LogP contribution is 2.14. The van der Waals surface area contributed by atoms with E-state index in [1.54, 1.807) is 0 Å². The van der Waals surface area contributed by atoms with Gasteiger partial charge in [-0.15, -0.1) is 0 Å². The molecule has 1 rings (SSSR count). The monoisotopic (exact) mass is 141 g/mol. The highest BCUT2D eigenvalue weighted by Gasteiger charge is 2.13. The number of hydrogen-bond acceptors (Lipinski definition) is 1. The Morgan fingerprint density at radius 2 is 2.00 bits per heavy atom. The molecule has 0 bridgehead atoms. The van der Waals surface area contributed by atoms with Gasteiger partial charge in [-0.2, -0.15) is 0 Å². The average Bonchev–Trinajstić information content (AvgIpc) is 2.12. The second-order valence-corrected chi connectivity index (χ2v) is 3.65. The summed E-state index contributed by atoms with van der Waals surface area (Å²) in [5.41, 5.74) is 0. The Kier molecular flexibility index (Phi) is 3.20. The molecule has 0 saturated carbocycles. The minimum Gasteiger partial charge on any atom is -0.314 e. The molecule has 0 unspecified atom stereocenters. The van der Waals surface area contributed by atoms with E-state index in [9.17, 15) is 0 Å². The summed E-state index contributed by atoms with van der Waals surface area (Å²) in [6, 6.07) is 0.794. The minimum atomic E-state index is 0.794. The summed E-state index contributed by atoms with van der Waals surface area (Å²) in [5.74, 6) is 0.818. The van der Waals surface area contributed by atoms with Crippen LogP contribution in [0.25, 0.3) is 0 Å². The lowest BCUT2D eigenvalue weighted by atomic mass is 10.00. The van der Waals surface area contributed by atoms with Crippen molar-refractivity contribution >= 4 is 0 Å². The first kappa shape index (κ1) is 8.06. The molecule has 0 aliphatic carbocycles. The third-order valence-corrected chi connectivity index (χ3v) is 2.40. The summed E-state index contributed by atoms with van der Waals surface area (Å²) in [7, 11) is 0. The largest absolute Gasteiger partial charge is 0.314 e. The smallest absolute Gasteiger partial charge is 0.00900 e. The van der Waals surface area contributed by atoms with E-state index in [4.69, 9.17) is 0 Å². The predicted molar refractivity (Wildman–Crippen MR) is 45.1 cm³/mol. The van der Waals surface area contributed by atoms with Crippen LogP contribution in [0.3, 0.4) is 0 Å². The van der Waals surface area contributed by atoms with E-state index in [0.29, 0.717) is 0 Å². The maximum absolute atomic E-state index is 3.58. The SMILES string of the molecule is CC(C)[C@H]1CCCCCN1. The average molecular weight is 141 g/mol. The zero-order valence-electron chi connectivity index (χ0n) is 7.19. The van der Waals surface area contributed by atoms with Crippen molar-refractivity contribution in [3.8, 4) is 0 Å². The quantitative estimate of drug-likeness (QED) is 0.590. The van der Waals surface area contributed by atoms with Gasteiger partial charge in [0.05, 0.1) is 0 Å². The number of rotatable bonds is 1. The predicted octanol–water partition coefficient (Wildman–Crippen LogP) is 2.17. The first-order valence-corrected chi connectivity index (χ1v) is 4.54. The van der Waals surface area contributed by atoms with Crippen molar-refractivity contribution in [1.82, 2.24) is 5.32 Å². The Morgan fingerprint density at radius 3 is 2.70 bits per heavy atom. The van der Waals surface area contributed by atoms with Crippen molar-refractivity contribution < 1.29 is 0 Å². The summed E-state index contributed by atoms with van der Waals surface area (Å²) < 4.78 is 0. The summed E-state index contributed by atoms with van der Waals surface area (Å²) in [6.45, 7) is 5.86. The Labute approximate surface area is 64.2 Å². The fourth-order valence-corrected chi connectivity index (χ4v) is 1.62. The molecular formula is C9H19N.